The standard InChI is InChI=1S/C13H14N4O3/c1-3-20-13(19)11-12(14)17(16-15-11)10-6-4-9(5-7-10)8(2)18/h4-7H,3,14H2,1-2H3. The minimum absolute atomic E-state index is 0.0255. The van der Waals surface area contributed by atoms with Crippen LogP contribution in [0.15, 0.2) is 24.3 Å². The minimum atomic E-state index is -0.614. The van der Waals surface area contributed by atoms with Crippen LogP contribution in [0.2, 0.25) is 0 Å². The van der Waals surface area contributed by atoms with Crippen molar-refractivity contribution < 1.29 is 14.3 Å². The summed E-state index contributed by atoms with van der Waals surface area (Å²) in [5.74, 6) is -0.550. The van der Waals surface area contributed by atoms with Gasteiger partial charge in [-0.2, -0.15) is 4.68 Å². The number of ketones is 1. The summed E-state index contributed by atoms with van der Waals surface area (Å²) in [6, 6.07) is 6.67. The molecule has 0 saturated heterocycles. The molecule has 2 N–H and O–H groups in total. The van der Waals surface area contributed by atoms with Crippen molar-refractivity contribution in [3.8, 4) is 5.69 Å². The lowest BCUT2D eigenvalue weighted by Gasteiger charge is -2.04. The first kappa shape index (κ1) is 13.7. The zero-order chi connectivity index (χ0) is 14.7. The summed E-state index contributed by atoms with van der Waals surface area (Å²) in [4.78, 5) is 22.8. The molecule has 1 heterocycles. The lowest BCUT2D eigenvalue weighted by molar-refractivity contribution is 0.0520. The van der Waals surface area contributed by atoms with Gasteiger partial charge in [-0.1, -0.05) is 5.21 Å². The Morgan fingerprint density at radius 3 is 2.50 bits per heavy atom. The van der Waals surface area contributed by atoms with Gasteiger partial charge >= 0.3 is 5.97 Å². The number of nitrogens with two attached hydrogens (primary N) is 1. The third-order valence-corrected chi connectivity index (χ3v) is 2.69. The molecule has 0 atom stereocenters. The number of nitrogens with zero attached hydrogens (tertiary/aromatic N) is 3. The number of hydrogen-bond acceptors (Lipinski definition) is 6. The molecule has 0 fully saturated rings. The molecule has 0 amide bonds. The molecule has 0 saturated carbocycles. The van der Waals surface area contributed by atoms with E-state index in [1.54, 1.807) is 31.2 Å². The van der Waals surface area contributed by atoms with Gasteiger partial charge in [-0.25, -0.2) is 4.79 Å². The average molecular weight is 274 g/mol. The van der Waals surface area contributed by atoms with E-state index in [4.69, 9.17) is 10.5 Å². The number of anilines is 1. The topological polar surface area (TPSA) is 100 Å². The zero-order valence-electron chi connectivity index (χ0n) is 11.2. The molecule has 7 nitrogen and oxygen atoms in total. The maximum atomic E-state index is 11.6. The van der Waals surface area contributed by atoms with Gasteiger partial charge in [0.1, 0.15) is 0 Å². The number of esters is 1. The van der Waals surface area contributed by atoms with Crippen LogP contribution in [0.5, 0.6) is 0 Å². The van der Waals surface area contributed by atoms with Crippen molar-refractivity contribution in [3.05, 3.63) is 35.5 Å². The molecule has 7 heteroatoms. The SMILES string of the molecule is CCOC(=O)c1nnn(-c2ccc(C(C)=O)cc2)c1N. The van der Waals surface area contributed by atoms with Crippen LogP contribution in [0.3, 0.4) is 0 Å². The molecule has 1 aromatic carbocycles. The Bertz CT molecular complexity index is 646. The third-order valence-electron chi connectivity index (χ3n) is 2.69. The maximum Gasteiger partial charge on any atom is 0.362 e. The molecule has 1 aromatic heterocycles. The predicted octanol–water partition coefficient (Wildman–Crippen LogP) is 1.23. The second-order valence-electron chi connectivity index (χ2n) is 4.06. The van der Waals surface area contributed by atoms with Gasteiger partial charge in [0.15, 0.2) is 11.6 Å². The van der Waals surface area contributed by atoms with E-state index >= 15 is 0 Å². The quantitative estimate of drug-likeness (QED) is 0.664. The summed E-state index contributed by atoms with van der Waals surface area (Å²) in [6.45, 7) is 3.41. The van der Waals surface area contributed by atoms with Crippen LogP contribution >= 0.6 is 0 Å². The zero-order valence-corrected chi connectivity index (χ0v) is 11.2. The summed E-state index contributed by atoms with van der Waals surface area (Å²) < 4.78 is 6.14. The maximum absolute atomic E-state index is 11.6. The Hall–Kier alpha value is -2.70. The van der Waals surface area contributed by atoms with Gasteiger partial charge in [0.2, 0.25) is 5.69 Å². The van der Waals surface area contributed by atoms with Crippen LogP contribution in [0, 0.1) is 0 Å². The van der Waals surface area contributed by atoms with Crippen LogP contribution < -0.4 is 5.73 Å². The minimum Gasteiger partial charge on any atom is -0.461 e. The summed E-state index contributed by atoms with van der Waals surface area (Å²) >= 11 is 0. The molecule has 0 aliphatic rings. The molecular weight excluding hydrogens is 260 g/mol. The Morgan fingerprint density at radius 2 is 1.95 bits per heavy atom. The number of carbonyl (C=O) groups is 2. The molecule has 0 radical (unpaired) electrons. The van der Waals surface area contributed by atoms with Crippen molar-refractivity contribution in [2.24, 2.45) is 0 Å². The van der Waals surface area contributed by atoms with Gasteiger partial charge in [0.25, 0.3) is 0 Å². The van der Waals surface area contributed by atoms with E-state index in [9.17, 15) is 9.59 Å². The number of nitrogen functional groups attached to an aromatic ring is 1. The number of aromatic nitrogens is 3. The van der Waals surface area contributed by atoms with Crippen molar-refractivity contribution in [1.29, 1.82) is 0 Å². The van der Waals surface area contributed by atoms with E-state index in [1.807, 2.05) is 0 Å². The highest BCUT2D eigenvalue weighted by atomic mass is 16.5. The lowest BCUT2D eigenvalue weighted by atomic mass is 10.1. The smallest absolute Gasteiger partial charge is 0.362 e. The van der Waals surface area contributed by atoms with E-state index in [2.05, 4.69) is 10.3 Å². The fourth-order valence-electron chi connectivity index (χ4n) is 1.66. The van der Waals surface area contributed by atoms with Crippen molar-refractivity contribution in [1.82, 2.24) is 15.0 Å². The number of carbonyl (C=O) groups excluding carboxylic acids is 2. The van der Waals surface area contributed by atoms with E-state index in [1.165, 1.54) is 11.6 Å². The van der Waals surface area contributed by atoms with Gasteiger partial charge in [-0.15, -0.1) is 5.10 Å². The summed E-state index contributed by atoms with van der Waals surface area (Å²) in [6.07, 6.45) is 0. The summed E-state index contributed by atoms with van der Waals surface area (Å²) in [5.41, 5.74) is 7.00. The third kappa shape index (κ3) is 2.51. The van der Waals surface area contributed by atoms with Crippen molar-refractivity contribution in [2.45, 2.75) is 13.8 Å². The first-order valence-electron chi connectivity index (χ1n) is 6.04. The normalized spacial score (nSPS) is 10.3. The van der Waals surface area contributed by atoms with Gasteiger partial charge in [-0.05, 0) is 38.1 Å². The Balaban J connectivity index is 2.34. The Kier molecular flexibility index (Phi) is 3.79. The van der Waals surface area contributed by atoms with Crippen molar-refractivity contribution in [2.75, 3.05) is 12.3 Å². The fourth-order valence-corrected chi connectivity index (χ4v) is 1.66. The van der Waals surface area contributed by atoms with Crippen LogP contribution in [0.4, 0.5) is 5.82 Å². The van der Waals surface area contributed by atoms with E-state index < -0.39 is 5.97 Å². The van der Waals surface area contributed by atoms with Crippen LogP contribution in [-0.4, -0.2) is 33.4 Å². The summed E-state index contributed by atoms with van der Waals surface area (Å²) in [7, 11) is 0. The number of hydrogen-bond donors (Lipinski definition) is 1. The molecule has 0 aliphatic heterocycles. The molecule has 0 spiro atoms. The van der Waals surface area contributed by atoms with Gasteiger partial charge in [-0.3, -0.25) is 4.79 Å². The molecule has 2 aromatic rings. The predicted molar refractivity (Wildman–Crippen MR) is 71.7 cm³/mol. The van der Waals surface area contributed by atoms with Gasteiger partial charge in [0, 0.05) is 5.56 Å². The van der Waals surface area contributed by atoms with E-state index in [0.29, 0.717) is 11.3 Å². The first-order chi connectivity index (χ1) is 9.54. The molecule has 0 aliphatic carbocycles. The highest BCUT2D eigenvalue weighted by molar-refractivity contribution is 5.94. The van der Waals surface area contributed by atoms with Crippen molar-refractivity contribution in [3.63, 3.8) is 0 Å². The fraction of sp³-hybridized carbons (Fsp3) is 0.231. The molecule has 0 unspecified atom stereocenters. The number of ether oxygens (including phenoxy) is 1. The second kappa shape index (κ2) is 5.52. The number of rotatable bonds is 4. The average Bonchev–Trinajstić information content (AvgIpc) is 2.81. The first-order valence-corrected chi connectivity index (χ1v) is 6.04. The molecule has 20 heavy (non-hydrogen) atoms. The molecule has 0 bridgehead atoms. The largest absolute Gasteiger partial charge is 0.461 e. The summed E-state index contributed by atoms with van der Waals surface area (Å²) in [5, 5.41) is 7.53. The number of benzene rings is 1. The lowest BCUT2D eigenvalue weighted by Crippen LogP contribution is -2.09. The molecule has 104 valence electrons. The van der Waals surface area contributed by atoms with E-state index in [0.717, 1.165) is 0 Å². The van der Waals surface area contributed by atoms with Crippen LogP contribution in [0.1, 0.15) is 34.7 Å². The second-order valence-corrected chi connectivity index (χ2v) is 4.06. The van der Waals surface area contributed by atoms with Gasteiger partial charge < -0.3 is 10.5 Å². The van der Waals surface area contributed by atoms with Crippen LogP contribution in [0.25, 0.3) is 5.69 Å². The molecule has 2 rings (SSSR count). The molecular formula is C13H14N4O3. The Morgan fingerprint density at radius 1 is 1.30 bits per heavy atom. The van der Waals surface area contributed by atoms with E-state index in [-0.39, 0.29) is 23.9 Å². The van der Waals surface area contributed by atoms with Crippen LogP contribution in [-0.2, 0) is 4.74 Å². The van der Waals surface area contributed by atoms with Crippen molar-refractivity contribution >= 4 is 17.6 Å². The number of Topliss-reactive ketones (excluding diaryl/α,β-unsaturated/α-hetero) is 1. The Labute approximate surface area is 115 Å². The van der Waals surface area contributed by atoms with Gasteiger partial charge in [0.05, 0.1) is 12.3 Å². The monoisotopic (exact) mass is 274 g/mol. The highest BCUT2D eigenvalue weighted by Gasteiger charge is 2.19. The highest BCUT2D eigenvalue weighted by Crippen LogP contribution is 2.16.